The first-order valence-electron chi connectivity index (χ1n) is 6.90. The third kappa shape index (κ3) is 1.80. The summed E-state index contributed by atoms with van der Waals surface area (Å²) < 4.78 is 0. The molecule has 0 aromatic heterocycles. The monoisotopic (exact) mass is 230 g/mol. The summed E-state index contributed by atoms with van der Waals surface area (Å²) in [5.41, 5.74) is 6.23. The molecule has 2 aliphatic rings. The zero-order valence-electron chi connectivity index (χ0n) is 10.5. The van der Waals surface area contributed by atoms with Crippen molar-refractivity contribution < 1.29 is 0 Å². The van der Waals surface area contributed by atoms with Crippen molar-refractivity contribution in [1.82, 2.24) is 5.43 Å². The largest absolute Gasteiger partial charge is 0.271 e. The molecule has 0 radical (unpaired) electrons. The quantitative estimate of drug-likeness (QED) is 0.616. The molecule has 0 bridgehead atoms. The van der Waals surface area contributed by atoms with Gasteiger partial charge in [-0.1, -0.05) is 37.6 Å². The Hall–Kier alpha value is -0.860. The van der Waals surface area contributed by atoms with E-state index in [0.29, 0.717) is 6.04 Å². The highest BCUT2D eigenvalue weighted by Crippen LogP contribution is 2.61. The van der Waals surface area contributed by atoms with Crippen molar-refractivity contribution in [3.8, 4) is 0 Å². The molecule has 0 heterocycles. The fourth-order valence-corrected chi connectivity index (χ4v) is 3.87. The van der Waals surface area contributed by atoms with E-state index in [1.165, 1.54) is 25.7 Å². The summed E-state index contributed by atoms with van der Waals surface area (Å²) in [5.74, 6) is 8.18. The van der Waals surface area contributed by atoms with Crippen LogP contribution in [0, 0.1) is 11.8 Å². The van der Waals surface area contributed by atoms with Gasteiger partial charge >= 0.3 is 0 Å². The highest BCUT2D eigenvalue weighted by molar-refractivity contribution is 5.40. The van der Waals surface area contributed by atoms with Crippen molar-refractivity contribution in [2.45, 2.75) is 44.6 Å². The molecule has 2 aliphatic carbocycles. The van der Waals surface area contributed by atoms with Gasteiger partial charge in [0.2, 0.25) is 0 Å². The SMILES string of the molecule is CCCC(NN)C1C2CCc3ccccc3C21. The topological polar surface area (TPSA) is 38.0 Å². The van der Waals surface area contributed by atoms with Crippen LogP contribution in [0.4, 0.5) is 0 Å². The van der Waals surface area contributed by atoms with Gasteiger partial charge in [-0.05, 0) is 48.1 Å². The van der Waals surface area contributed by atoms with Crippen LogP contribution < -0.4 is 11.3 Å². The number of hydrogen-bond acceptors (Lipinski definition) is 2. The lowest BCUT2D eigenvalue weighted by Crippen LogP contribution is -2.37. The second-order valence-corrected chi connectivity index (χ2v) is 5.57. The summed E-state index contributed by atoms with van der Waals surface area (Å²) >= 11 is 0. The van der Waals surface area contributed by atoms with Gasteiger partial charge in [0, 0.05) is 6.04 Å². The van der Waals surface area contributed by atoms with Gasteiger partial charge in [-0.25, -0.2) is 0 Å². The predicted octanol–water partition coefficient (Wildman–Crippen LogP) is 2.59. The fourth-order valence-electron chi connectivity index (χ4n) is 3.87. The second-order valence-electron chi connectivity index (χ2n) is 5.57. The molecule has 17 heavy (non-hydrogen) atoms. The van der Waals surface area contributed by atoms with E-state index in [1.807, 2.05) is 0 Å². The molecule has 4 unspecified atom stereocenters. The minimum absolute atomic E-state index is 0.515. The molecule has 2 nitrogen and oxygen atoms in total. The molecule has 3 N–H and O–H groups in total. The molecular weight excluding hydrogens is 208 g/mol. The minimum Gasteiger partial charge on any atom is -0.271 e. The van der Waals surface area contributed by atoms with Crippen LogP contribution >= 0.6 is 0 Å². The molecule has 3 rings (SSSR count). The van der Waals surface area contributed by atoms with Gasteiger partial charge < -0.3 is 0 Å². The Labute approximate surface area is 104 Å². The van der Waals surface area contributed by atoms with Crippen LogP contribution in [0.15, 0.2) is 24.3 Å². The molecule has 1 saturated carbocycles. The first kappa shape index (κ1) is 11.2. The van der Waals surface area contributed by atoms with E-state index in [4.69, 9.17) is 5.84 Å². The average Bonchev–Trinajstić information content (AvgIpc) is 3.10. The van der Waals surface area contributed by atoms with E-state index >= 15 is 0 Å². The maximum absolute atomic E-state index is 5.72. The average molecular weight is 230 g/mol. The van der Waals surface area contributed by atoms with Crippen LogP contribution in [0.3, 0.4) is 0 Å². The molecule has 0 saturated heterocycles. The van der Waals surface area contributed by atoms with Crippen molar-refractivity contribution in [2.24, 2.45) is 17.7 Å². The predicted molar refractivity (Wildman–Crippen MR) is 70.5 cm³/mol. The summed E-state index contributed by atoms with van der Waals surface area (Å²) in [5, 5.41) is 0. The van der Waals surface area contributed by atoms with Crippen molar-refractivity contribution in [2.75, 3.05) is 0 Å². The Kier molecular flexibility index (Phi) is 2.93. The Balaban J connectivity index is 1.81. The molecule has 4 atom stereocenters. The van der Waals surface area contributed by atoms with Gasteiger partial charge in [0.15, 0.2) is 0 Å². The number of fused-ring (bicyclic) bond motifs is 3. The highest BCUT2D eigenvalue weighted by atomic mass is 15.2. The summed E-state index contributed by atoms with van der Waals surface area (Å²) in [6.07, 6.45) is 5.04. The van der Waals surface area contributed by atoms with Crippen LogP contribution in [0.25, 0.3) is 0 Å². The first-order valence-corrected chi connectivity index (χ1v) is 6.90. The third-order valence-corrected chi connectivity index (χ3v) is 4.67. The number of hydrazine groups is 1. The fraction of sp³-hybridized carbons (Fsp3) is 0.600. The van der Waals surface area contributed by atoms with Gasteiger partial charge in [-0.3, -0.25) is 11.3 Å². The van der Waals surface area contributed by atoms with Gasteiger partial charge in [-0.15, -0.1) is 0 Å². The van der Waals surface area contributed by atoms with Crippen molar-refractivity contribution in [1.29, 1.82) is 0 Å². The van der Waals surface area contributed by atoms with Crippen LogP contribution in [0.1, 0.15) is 43.2 Å². The van der Waals surface area contributed by atoms with E-state index < -0.39 is 0 Å². The van der Waals surface area contributed by atoms with E-state index in [-0.39, 0.29) is 0 Å². The number of benzene rings is 1. The van der Waals surface area contributed by atoms with Crippen LogP contribution in [-0.2, 0) is 6.42 Å². The summed E-state index contributed by atoms with van der Waals surface area (Å²) in [6.45, 7) is 2.24. The molecule has 1 fully saturated rings. The lowest BCUT2D eigenvalue weighted by atomic mass is 9.92. The lowest BCUT2D eigenvalue weighted by molar-refractivity contribution is 0.415. The van der Waals surface area contributed by atoms with E-state index in [1.54, 1.807) is 11.1 Å². The first-order chi connectivity index (χ1) is 8.36. The summed E-state index contributed by atoms with van der Waals surface area (Å²) in [4.78, 5) is 0. The Bertz CT molecular complexity index is 402. The van der Waals surface area contributed by atoms with E-state index in [9.17, 15) is 0 Å². The smallest absolute Gasteiger partial charge is 0.0247 e. The summed E-state index contributed by atoms with van der Waals surface area (Å²) in [7, 11) is 0. The molecular formula is C15H22N2. The molecule has 1 aromatic carbocycles. The molecule has 0 amide bonds. The van der Waals surface area contributed by atoms with Crippen LogP contribution in [-0.4, -0.2) is 6.04 Å². The maximum atomic E-state index is 5.72. The maximum Gasteiger partial charge on any atom is 0.0247 e. The second kappa shape index (κ2) is 4.43. The number of aryl methyl sites for hydroxylation is 1. The van der Waals surface area contributed by atoms with Crippen molar-refractivity contribution >= 4 is 0 Å². The van der Waals surface area contributed by atoms with Gasteiger partial charge in [0.05, 0.1) is 0 Å². The lowest BCUT2D eigenvalue weighted by Gasteiger charge is -2.15. The van der Waals surface area contributed by atoms with Crippen molar-refractivity contribution in [3.05, 3.63) is 35.4 Å². The van der Waals surface area contributed by atoms with Gasteiger partial charge in [-0.2, -0.15) is 0 Å². The van der Waals surface area contributed by atoms with E-state index in [2.05, 4.69) is 36.6 Å². The molecule has 2 heteroatoms. The Morgan fingerprint density at radius 1 is 1.41 bits per heavy atom. The number of nitrogens with two attached hydrogens (primary N) is 1. The number of rotatable bonds is 4. The van der Waals surface area contributed by atoms with Gasteiger partial charge in [0.1, 0.15) is 0 Å². The summed E-state index contributed by atoms with van der Waals surface area (Å²) in [6, 6.07) is 9.49. The van der Waals surface area contributed by atoms with Crippen molar-refractivity contribution in [3.63, 3.8) is 0 Å². The van der Waals surface area contributed by atoms with Crippen LogP contribution in [0.5, 0.6) is 0 Å². The van der Waals surface area contributed by atoms with Crippen LogP contribution in [0.2, 0.25) is 0 Å². The Morgan fingerprint density at radius 3 is 3.00 bits per heavy atom. The third-order valence-electron chi connectivity index (χ3n) is 4.67. The Morgan fingerprint density at radius 2 is 2.24 bits per heavy atom. The molecule has 0 spiro atoms. The minimum atomic E-state index is 0.515. The molecule has 92 valence electrons. The number of hydrogen-bond donors (Lipinski definition) is 2. The van der Waals surface area contributed by atoms with Gasteiger partial charge in [0.25, 0.3) is 0 Å². The number of nitrogens with one attached hydrogen (secondary N) is 1. The normalized spacial score (nSPS) is 31.5. The zero-order chi connectivity index (χ0) is 11.8. The standard InChI is InChI=1S/C15H22N2/c1-2-5-13(17-16)15-12-9-8-10-6-3-4-7-11(10)14(12)15/h3-4,6-7,12-15,17H,2,5,8-9,16H2,1H3. The highest BCUT2D eigenvalue weighted by Gasteiger charge is 2.55. The van der Waals surface area contributed by atoms with E-state index in [0.717, 1.165) is 17.8 Å². The molecule has 0 aliphatic heterocycles. The molecule has 1 aromatic rings. The zero-order valence-corrected chi connectivity index (χ0v) is 10.5.